The van der Waals surface area contributed by atoms with Gasteiger partial charge in [0.15, 0.2) is 0 Å². The molecule has 1 heterocycles. The van der Waals surface area contributed by atoms with E-state index < -0.39 is 41.1 Å². The minimum Gasteiger partial charge on any atom is -0.349 e. The van der Waals surface area contributed by atoms with Crippen molar-refractivity contribution in [2.45, 2.75) is 110 Å². The number of nitrogens with zero attached hydrogens (tertiary/aromatic N) is 1. The Balaban J connectivity index is 1.78. The topological polar surface area (TPSA) is 137 Å². The second kappa shape index (κ2) is 13.9. The molecule has 10 heteroatoms. The van der Waals surface area contributed by atoms with Gasteiger partial charge in [-0.05, 0) is 54.8 Å². The lowest BCUT2D eigenvalue weighted by molar-refractivity contribution is -0.145. The summed E-state index contributed by atoms with van der Waals surface area (Å²) in [6, 6.07) is -3.00. The van der Waals surface area contributed by atoms with Crippen LogP contribution in [-0.2, 0) is 19.2 Å². The van der Waals surface area contributed by atoms with E-state index in [1.165, 1.54) is 6.42 Å². The van der Waals surface area contributed by atoms with E-state index in [2.05, 4.69) is 48.3 Å². The Morgan fingerprint density at radius 1 is 0.976 bits per heavy atom. The molecule has 3 fully saturated rings. The number of hydrogen-bond donors (Lipinski definition) is 4. The van der Waals surface area contributed by atoms with Crippen LogP contribution < -0.4 is 21.3 Å². The summed E-state index contributed by atoms with van der Waals surface area (Å²) in [6.07, 6.45) is 9.58. The molecule has 0 spiro atoms. The molecule has 3 rings (SSSR count). The first-order chi connectivity index (χ1) is 19.7. The van der Waals surface area contributed by atoms with E-state index in [1.54, 1.807) is 17.1 Å². The van der Waals surface area contributed by atoms with E-state index in [0.717, 1.165) is 25.7 Å². The standard InChI is InChI=1S/C32H51N5O5/c1-8-10-17-22(25(38)28(40)33-18-11-9-2)35-27(39)24-23-21(32(23,6)7)19-37(24)29(41)26(31(3,4)5)36-30(42)34-20-15-13-12-14-16-20/h8-9,20-24,26H,1-2,10-19H2,3-7H3,(H,33,40)(H,35,39)(H2,34,36,42). The van der Waals surface area contributed by atoms with Crippen LogP contribution in [0.2, 0.25) is 0 Å². The number of nitrogens with one attached hydrogen (secondary N) is 4. The van der Waals surface area contributed by atoms with Crippen molar-refractivity contribution in [2.24, 2.45) is 22.7 Å². The number of urea groups is 1. The fraction of sp³-hybridized carbons (Fsp3) is 0.719. The number of allylic oxidation sites excluding steroid dienone is 1. The predicted molar refractivity (Wildman–Crippen MR) is 162 cm³/mol. The van der Waals surface area contributed by atoms with Crippen molar-refractivity contribution in [1.82, 2.24) is 26.2 Å². The molecule has 0 radical (unpaired) electrons. The van der Waals surface area contributed by atoms with Gasteiger partial charge in [-0.3, -0.25) is 19.2 Å². The zero-order valence-corrected chi connectivity index (χ0v) is 26.1. The van der Waals surface area contributed by atoms with E-state index in [1.807, 2.05) is 20.8 Å². The van der Waals surface area contributed by atoms with E-state index in [4.69, 9.17) is 0 Å². The molecule has 0 aromatic rings. The number of Topliss-reactive ketones (excluding diaryl/α,β-unsaturated/α-hetero) is 1. The van der Waals surface area contributed by atoms with Gasteiger partial charge in [-0.1, -0.05) is 66.0 Å². The molecule has 0 aromatic heterocycles. The third-order valence-electron chi connectivity index (χ3n) is 9.24. The second-order valence-corrected chi connectivity index (χ2v) is 13.8. The molecule has 5 amide bonds. The summed E-state index contributed by atoms with van der Waals surface area (Å²) < 4.78 is 0. The number of hydrogen-bond acceptors (Lipinski definition) is 5. The van der Waals surface area contributed by atoms with Gasteiger partial charge >= 0.3 is 6.03 Å². The Labute approximate surface area is 250 Å². The summed E-state index contributed by atoms with van der Waals surface area (Å²) in [7, 11) is 0. The molecule has 2 aliphatic carbocycles. The molecular weight excluding hydrogens is 534 g/mol. The van der Waals surface area contributed by atoms with Crippen LogP contribution in [0.3, 0.4) is 0 Å². The smallest absolute Gasteiger partial charge is 0.315 e. The van der Waals surface area contributed by atoms with Gasteiger partial charge in [0.1, 0.15) is 12.1 Å². The zero-order valence-electron chi connectivity index (χ0n) is 26.1. The molecule has 0 bridgehead atoms. The van der Waals surface area contributed by atoms with Crippen molar-refractivity contribution in [3.63, 3.8) is 0 Å². The third-order valence-corrected chi connectivity index (χ3v) is 9.24. The summed E-state index contributed by atoms with van der Waals surface area (Å²) >= 11 is 0. The van der Waals surface area contributed by atoms with Crippen molar-refractivity contribution in [3.8, 4) is 0 Å². The highest BCUT2D eigenvalue weighted by Crippen LogP contribution is 2.65. The van der Waals surface area contributed by atoms with Crippen LogP contribution in [0.5, 0.6) is 0 Å². The summed E-state index contributed by atoms with van der Waals surface area (Å²) in [6.45, 7) is 17.8. The van der Waals surface area contributed by atoms with Crippen molar-refractivity contribution in [1.29, 1.82) is 0 Å². The monoisotopic (exact) mass is 585 g/mol. The van der Waals surface area contributed by atoms with E-state index >= 15 is 0 Å². The van der Waals surface area contributed by atoms with Crippen LogP contribution in [0.15, 0.2) is 25.3 Å². The predicted octanol–water partition coefficient (Wildman–Crippen LogP) is 3.23. The lowest BCUT2D eigenvalue weighted by atomic mass is 9.85. The van der Waals surface area contributed by atoms with Crippen molar-refractivity contribution in [2.75, 3.05) is 13.1 Å². The summed E-state index contributed by atoms with van der Waals surface area (Å²) in [5, 5.41) is 11.3. The number of carbonyl (C=O) groups is 5. The highest BCUT2D eigenvalue weighted by atomic mass is 16.2. The molecule has 1 aliphatic heterocycles. The van der Waals surface area contributed by atoms with E-state index in [0.29, 0.717) is 19.4 Å². The minimum atomic E-state index is -1.05. The van der Waals surface area contributed by atoms with Gasteiger partial charge in [-0.15, -0.1) is 13.2 Å². The molecule has 10 nitrogen and oxygen atoms in total. The fourth-order valence-corrected chi connectivity index (χ4v) is 6.58. The number of ketones is 1. The molecule has 0 aromatic carbocycles. The zero-order chi connectivity index (χ0) is 31.2. The normalized spacial score (nSPS) is 24.4. The third kappa shape index (κ3) is 7.81. The van der Waals surface area contributed by atoms with Gasteiger partial charge in [0.05, 0.1) is 6.04 Å². The maximum absolute atomic E-state index is 14.1. The molecular formula is C32H51N5O5. The molecule has 4 N–H and O–H groups in total. The molecule has 234 valence electrons. The fourth-order valence-electron chi connectivity index (χ4n) is 6.58. The largest absolute Gasteiger partial charge is 0.349 e. The number of fused-ring (bicyclic) bond motifs is 1. The van der Waals surface area contributed by atoms with Crippen LogP contribution in [-0.4, -0.2) is 71.7 Å². The quantitative estimate of drug-likeness (QED) is 0.149. The van der Waals surface area contributed by atoms with Crippen LogP contribution in [0.1, 0.15) is 86.0 Å². The Hall–Kier alpha value is -3.17. The van der Waals surface area contributed by atoms with Gasteiger partial charge in [-0.25, -0.2) is 4.79 Å². The molecule has 5 atom stereocenters. The first kappa shape index (κ1) is 33.3. The van der Waals surface area contributed by atoms with E-state index in [-0.39, 0.29) is 48.2 Å². The maximum atomic E-state index is 14.1. The Morgan fingerprint density at radius 2 is 1.62 bits per heavy atom. The average Bonchev–Trinajstić information content (AvgIpc) is 3.24. The van der Waals surface area contributed by atoms with Gasteiger partial charge in [-0.2, -0.15) is 0 Å². The number of rotatable bonds is 13. The van der Waals surface area contributed by atoms with Crippen LogP contribution >= 0.6 is 0 Å². The van der Waals surface area contributed by atoms with Gasteiger partial charge in [0.25, 0.3) is 5.91 Å². The second-order valence-electron chi connectivity index (χ2n) is 13.8. The van der Waals surface area contributed by atoms with Gasteiger partial charge < -0.3 is 26.2 Å². The van der Waals surface area contributed by atoms with Crippen LogP contribution in [0.25, 0.3) is 0 Å². The Bertz CT molecular complexity index is 1060. The highest BCUT2D eigenvalue weighted by Gasteiger charge is 2.69. The molecule has 2 saturated carbocycles. The lowest BCUT2D eigenvalue weighted by Gasteiger charge is -2.38. The summed E-state index contributed by atoms with van der Waals surface area (Å²) in [5.74, 6) is -2.24. The summed E-state index contributed by atoms with van der Waals surface area (Å²) in [4.78, 5) is 68.1. The Kier molecular flexibility index (Phi) is 11.0. The van der Waals surface area contributed by atoms with Crippen molar-refractivity contribution in [3.05, 3.63) is 25.3 Å². The number of amides is 5. The van der Waals surface area contributed by atoms with Gasteiger partial charge in [0.2, 0.25) is 17.6 Å². The molecule has 3 aliphatic rings. The van der Waals surface area contributed by atoms with Gasteiger partial charge in [0, 0.05) is 19.1 Å². The minimum absolute atomic E-state index is 0.0882. The molecule has 5 unspecified atom stereocenters. The first-order valence-electron chi connectivity index (χ1n) is 15.5. The SMILES string of the molecule is C=CCCNC(=O)C(=O)C(CCC=C)NC(=O)C1C2C(CN1C(=O)C(NC(=O)NC1CCCCC1)C(C)(C)C)C2(C)C. The van der Waals surface area contributed by atoms with Crippen molar-refractivity contribution < 1.29 is 24.0 Å². The van der Waals surface area contributed by atoms with Crippen LogP contribution in [0, 0.1) is 22.7 Å². The first-order valence-corrected chi connectivity index (χ1v) is 15.5. The maximum Gasteiger partial charge on any atom is 0.315 e. The summed E-state index contributed by atoms with van der Waals surface area (Å²) in [5.41, 5.74) is -0.763. The van der Waals surface area contributed by atoms with Crippen molar-refractivity contribution >= 4 is 29.5 Å². The molecule has 42 heavy (non-hydrogen) atoms. The number of carbonyl (C=O) groups excluding carboxylic acids is 5. The number of likely N-dealkylation sites (tertiary alicyclic amines) is 1. The lowest BCUT2D eigenvalue weighted by Crippen LogP contribution is -2.61. The van der Waals surface area contributed by atoms with Crippen LogP contribution in [0.4, 0.5) is 4.79 Å². The number of piperidine rings is 1. The average molecular weight is 586 g/mol. The Morgan fingerprint density at radius 3 is 2.21 bits per heavy atom. The van der Waals surface area contributed by atoms with E-state index in [9.17, 15) is 24.0 Å². The highest BCUT2D eigenvalue weighted by molar-refractivity contribution is 6.38. The molecule has 1 saturated heterocycles.